The molecule has 1 aromatic rings. The van der Waals surface area contributed by atoms with Gasteiger partial charge < -0.3 is 14.8 Å². The second-order valence-corrected chi connectivity index (χ2v) is 6.89. The predicted molar refractivity (Wildman–Crippen MR) is 89.0 cm³/mol. The molecule has 1 heterocycles. The Bertz CT molecular complexity index is 695. The van der Waals surface area contributed by atoms with Gasteiger partial charge in [0.2, 0.25) is 5.91 Å². The summed E-state index contributed by atoms with van der Waals surface area (Å²) in [7, 11) is 0. The van der Waals surface area contributed by atoms with Crippen molar-refractivity contribution in [3.05, 3.63) is 16.0 Å². The largest absolute Gasteiger partial charge is 0.462 e. The van der Waals surface area contributed by atoms with E-state index in [-0.39, 0.29) is 28.5 Å². The summed E-state index contributed by atoms with van der Waals surface area (Å²) < 4.78 is 10.3. The average molecular weight is 352 g/mol. The van der Waals surface area contributed by atoms with Gasteiger partial charge in [0.25, 0.3) is 0 Å². The van der Waals surface area contributed by atoms with Gasteiger partial charge in [0.05, 0.1) is 18.2 Å². The van der Waals surface area contributed by atoms with Gasteiger partial charge in [0.1, 0.15) is 21.9 Å². The zero-order chi connectivity index (χ0) is 18.5. The number of nitrogens with one attached hydrogen (secondary N) is 1. The number of thiophene rings is 1. The molecule has 0 bridgehead atoms. The highest BCUT2D eigenvalue weighted by molar-refractivity contribution is 7.18. The first-order chi connectivity index (χ1) is 11.1. The number of carbonyl (C=O) groups excluding carboxylic acids is 3. The second kappa shape index (κ2) is 7.93. The summed E-state index contributed by atoms with van der Waals surface area (Å²) in [5, 5.41) is 11.2. The van der Waals surface area contributed by atoms with E-state index in [0.717, 1.165) is 11.3 Å². The minimum atomic E-state index is -0.693. The van der Waals surface area contributed by atoms with Crippen molar-refractivity contribution in [2.75, 3.05) is 11.9 Å². The Morgan fingerprint density at radius 1 is 1.25 bits per heavy atom. The van der Waals surface area contributed by atoms with Gasteiger partial charge in [0.15, 0.2) is 0 Å². The van der Waals surface area contributed by atoms with Crippen molar-refractivity contribution >= 4 is 34.2 Å². The molecule has 1 amide bonds. The van der Waals surface area contributed by atoms with E-state index in [1.807, 2.05) is 0 Å². The summed E-state index contributed by atoms with van der Waals surface area (Å²) in [6.07, 6.45) is -0.360. The number of rotatable bonds is 5. The number of amides is 1. The highest BCUT2D eigenvalue weighted by atomic mass is 32.1. The fraction of sp³-hybridized carbons (Fsp3) is 0.500. The number of ether oxygens (including phenoxy) is 2. The highest BCUT2D eigenvalue weighted by Gasteiger charge is 2.29. The van der Waals surface area contributed by atoms with E-state index >= 15 is 0 Å². The molecular weight excluding hydrogens is 332 g/mol. The molecule has 1 rings (SSSR count). The maximum Gasteiger partial charge on any atom is 0.349 e. The number of esters is 2. The monoisotopic (exact) mass is 352 g/mol. The molecule has 0 aliphatic rings. The van der Waals surface area contributed by atoms with E-state index in [4.69, 9.17) is 14.7 Å². The lowest BCUT2D eigenvalue weighted by Gasteiger charge is -2.19. The van der Waals surface area contributed by atoms with Crippen molar-refractivity contribution in [1.29, 1.82) is 5.26 Å². The molecule has 0 unspecified atom stereocenters. The first-order valence-electron chi connectivity index (χ1n) is 7.31. The predicted octanol–water partition coefficient (Wildman–Crippen LogP) is 3.04. The lowest BCUT2D eigenvalue weighted by molar-refractivity contribution is -0.115. The molecule has 24 heavy (non-hydrogen) atoms. The number of nitrogens with zero attached hydrogens (tertiary/aromatic N) is 1. The Labute approximate surface area is 144 Å². The van der Waals surface area contributed by atoms with Crippen LogP contribution in [0.25, 0.3) is 0 Å². The molecule has 1 N–H and O–H groups in total. The molecule has 7 nitrogen and oxygen atoms in total. The van der Waals surface area contributed by atoms with Gasteiger partial charge in [-0.3, -0.25) is 4.79 Å². The number of carbonyl (C=O) groups is 3. The average Bonchev–Trinajstić information content (AvgIpc) is 2.74. The molecule has 0 radical (unpaired) electrons. The van der Waals surface area contributed by atoms with E-state index in [9.17, 15) is 14.4 Å². The van der Waals surface area contributed by atoms with Crippen molar-refractivity contribution in [2.45, 2.75) is 46.6 Å². The van der Waals surface area contributed by atoms with Crippen LogP contribution in [0.1, 0.15) is 59.7 Å². The van der Waals surface area contributed by atoms with Crippen LogP contribution in [0.4, 0.5) is 5.00 Å². The first kappa shape index (κ1) is 19.6. The minimum absolute atomic E-state index is 0.106. The van der Waals surface area contributed by atoms with Crippen LogP contribution in [-0.4, -0.2) is 30.1 Å². The van der Waals surface area contributed by atoms with Crippen LogP contribution in [0.5, 0.6) is 0 Å². The van der Waals surface area contributed by atoms with Crippen molar-refractivity contribution in [3.63, 3.8) is 0 Å². The molecule has 1 aromatic heterocycles. The van der Waals surface area contributed by atoms with Gasteiger partial charge in [-0.15, -0.1) is 11.3 Å². The molecule has 8 heteroatoms. The van der Waals surface area contributed by atoms with Gasteiger partial charge >= 0.3 is 11.9 Å². The SMILES string of the molecule is CCOC(=O)c1c(NC(=O)CC#N)sc(C(=O)OC(C)(C)C)c1C. The topological polar surface area (TPSA) is 105 Å². The van der Waals surface area contributed by atoms with Crippen LogP contribution in [0.15, 0.2) is 0 Å². The van der Waals surface area contributed by atoms with E-state index in [1.54, 1.807) is 40.7 Å². The normalized spacial score (nSPS) is 10.7. The van der Waals surface area contributed by atoms with Gasteiger partial charge in [-0.2, -0.15) is 5.26 Å². The van der Waals surface area contributed by atoms with Crippen molar-refractivity contribution < 1.29 is 23.9 Å². The summed E-state index contributed by atoms with van der Waals surface area (Å²) in [4.78, 5) is 36.4. The quantitative estimate of drug-likeness (QED) is 0.817. The summed E-state index contributed by atoms with van der Waals surface area (Å²) in [5.74, 6) is -1.80. The number of hydrogen-bond donors (Lipinski definition) is 1. The molecule has 0 aliphatic carbocycles. The fourth-order valence-corrected chi connectivity index (χ4v) is 2.90. The highest BCUT2D eigenvalue weighted by Crippen LogP contribution is 2.35. The summed E-state index contributed by atoms with van der Waals surface area (Å²) >= 11 is 0.927. The van der Waals surface area contributed by atoms with Crippen LogP contribution in [0, 0.1) is 18.3 Å². The van der Waals surface area contributed by atoms with Gasteiger partial charge in [-0.1, -0.05) is 0 Å². The van der Waals surface area contributed by atoms with Crippen molar-refractivity contribution in [3.8, 4) is 6.07 Å². The standard InChI is InChI=1S/C16H20N2O5S/c1-6-22-14(20)11-9(2)12(15(21)23-16(3,4)5)24-13(11)18-10(19)7-8-17/h6-7H2,1-5H3,(H,18,19). The molecule has 0 atom stereocenters. The lowest BCUT2D eigenvalue weighted by atomic mass is 10.1. The summed E-state index contributed by atoms with van der Waals surface area (Å²) in [6.45, 7) is 8.59. The van der Waals surface area contributed by atoms with Gasteiger partial charge in [-0.05, 0) is 40.2 Å². The molecule has 130 valence electrons. The molecular formula is C16H20N2O5S. The van der Waals surface area contributed by atoms with Crippen LogP contribution in [0.3, 0.4) is 0 Å². The third-order valence-electron chi connectivity index (χ3n) is 2.70. The summed E-state index contributed by atoms with van der Waals surface area (Å²) in [5.41, 5.74) is -0.212. The Hall–Kier alpha value is -2.40. The number of hydrogen-bond acceptors (Lipinski definition) is 7. The van der Waals surface area contributed by atoms with E-state index in [0.29, 0.717) is 5.56 Å². The van der Waals surface area contributed by atoms with Crippen LogP contribution >= 0.6 is 11.3 Å². The maximum absolute atomic E-state index is 12.3. The molecule has 0 saturated carbocycles. The Balaban J connectivity index is 3.28. The third-order valence-corrected chi connectivity index (χ3v) is 3.89. The Kier molecular flexibility index (Phi) is 6.49. The van der Waals surface area contributed by atoms with Crippen LogP contribution in [-0.2, 0) is 14.3 Å². The van der Waals surface area contributed by atoms with Gasteiger partial charge in [-0.25, -0.2) is 9.59 Å². The van der Waals surface area contributed by atoms with Crippen molar-refractivity contribution in [2.24, 2.45) is 0 Å². The van der Waals surface area contributed by atoms with Crippen LogP contribution in [0.2, 0.25) is 0 Å². The molecule has 0 fully saturated rings. The Morgan fingerprint density at radius 3 is 2.38 bits per heavy atom. The maximum atomic E-state index is 12.3. The van der Waals surface area contributed by atoms with Crippen molar-refractivity contribution in [1.82, 2.24) is 0 Å². The van der Waals surface area contributed by atoms with E-state index < -0.39 is 23.4 Å². The first-order valence-corrected chi connectivity index (χ1v) is 8.13. The van der Waals surface area contributed by atoms with Gasteiger partial charge in [0, 0.05) is 0 Å². The fourth-order valence-electron chi connectivity index (χ4n) is 1.81. The smallest absolute Gasteiger partial charge is 0.349 e. The molecule has 0 aliphatic heterocycles. The van der Waals surface area contributed by atoms with E-state index in [2.05, 4.69) is 5.32 Å². The zero-order valence-corrected chi connectivity index (χ0v) is 15.1. The molecule has 0 spiro atoms. The molecule has 0 saturated heterocycles. The second-order valence-electron chi connectivity index (χ2n) is 5.87. The van der Waals surface area contributed by atoms with Crippen LogP contribution < -0.4 is 5.32 Å². The summed E-state index contributed by atoms with van der Waals surface area (Å²) in [6, 6.07) is 1.72. The number of nitriles is 1. The number of anilines is 1. The van der Waals surface area contributed by atoms with E-state index in [1.165, 1.54) is 0 Å². The zero-order valence-electron chi connectivity index (χ0n) is 14.3. The third kappa shape index (κ3) is 5.06. The minimum Gasteiger partial charge on any atom is -0.462 e. The Morgan fingerprint density at radius 2 is 1.88 bits per heavy atom. The lowest BCUT2D eigenvalue weighted by Crippen LogP contribution is -2.23. The molecule has 0 aromatic carbocycles.